The lowest BCUT2D eigenvalue weighted by Gasteiger charge is -2.31. The Morgan fingerprint density at radius 3 is 2.76 bits per heavy atom. The van der Waals surface area contributed by atoms with Gasteiger partial charge in [0.05, 0.1) is 5.92 Å². The highest BCUT2D eigenvalue weighted by Crippen LogP contribution is 2.29. The fourth-order valence-corrected chi connectivity index (χ4v) is 4.22. The second kappa shape index (κ2) is 8.88. The van der Waals surface area contributed by atoms with E-state index in [9.17, 15) is 9.59 Å². The van der Waals surface area contributed by atoms with Gasteiger partial charge in [0.15, 0.2) is 5.78 Å². The second-order valence-corrected chi connectivity index (χ2v) is 8.28. The first-order chi connectivity index (χ1) is 14.1. The number of hydrogen-bond acceptors (Lipinski definition) is 6. The van der Waals surface area contributed by atoms with Crippen LogP contribution >= 0.6 is 22.9 Å². The number of aromatic nitrogens is 2. The van der Waals surface area contributed by atoms with Crippen LogP contribution in [0.3, 0.4) is 0 Å². The van der Waals surface area contributed by atoms with E-state index in [-0.39, 0.29) is 30.4 Å². The number of piperidine rings is 1. The summed E-state index contributed by atoms with van der Waals surface area (Å²) in [6, 6.07) is 8.68. The standard InChI is InChI=1S/C21H20ClN3O3S/c22-17-5-3-14(4-6-17)18(26)7-8-19(27)25-10-1-2-15(12-25)20-23-24-21(28-20)16-9-11-29-13-16/h3-6,9,11,13,15H,1-2,7-8,10,12H2. The van der Waals surface area contributed by atoms with Crippen LogP contribution in [0, 0.1) is 0 Å². The van der Waals surface area contributed by atoms with Gasteiger partial charge in [0.25, 0.3) is 0 Å². The van der Waals surface area contributed by atoms with E-state index in [1.165, 1.54) is 0 Å². The third-order valence-electron chi connectivity index (χ3n) is 5.06. The molecule has 1 aliphatic rings. The fourth-order valence-electron chi connectivity index (χ4n) is 3.47. The summed E-state index contributed by atoms with van der Waals surface area (Å²) < 4.78 is 5.84. The van der Waals surface area contributed by atoms with E-state index < -0.39 is 0 Å². The Labute approximate surface area is 177 Å². The smallest absolute Gasteiger partial charge is 0.248 e. The highest BCUT2D eigenvalue weighted by atomic mass is 35.5. The van der Waals surface area contributed by atoms with Crippen LogP contribution in [0.5, 0.6) is 0 Å². The van der Waals surface area contributed by atoms with Crippen molar-refractivity contribution in [3.8, 4) is 11.5 Å². The number of amides is 1. The Kier molecular flexibility index (Phi) is 6.06. The Bertz CT molecular complexity index is 985. The van der Waals surface area contributed by atoms with Crippen LogP contribution in [-0.4, -0.2) is 39.9 Å². The van der Waals surface area contributed by atoms with Crippen LogP contribution in [0.15, 0.2) is 45.5 Å². The summed E-state index contributed by atoms with van der Waals surface area (Å²) in [6.07, 6.45) is 2.15. The molecular weight excluding hydrogens is 410 g/mol. The highest BCUT2D eigenvalue weighted by Gasteiger charge is 2.28. The van der Waals surface area contributed by atoms with E-state index in [0.29, 0.717) is 35.5 Å². The van der Waals surface area contributed by atoms with Gasteiger partial charge in [-0.1, -0.05) is 11.6 Å². The van der Waals surface area contributed by atoms with Crippen molar-refractivity contribution in [2.75, 3.05) is 13.1 Å². The van der Waals surface area contributed by atoms with E-state index in [0.717, 1.165) is 18.4 Å². The van der Waals surface area contributed by atoms with Crippen LogP contribution in [0.1, 0.15) is 47.8 Å². The molecule has 1 aromatic carbocycles. The summed E-state index contributed by atoms with van der Waals surface area (Å²) in [7, 11) is 0. The van der Waals surface area contributed by atoms with Gasteiger partial charge in [0.2, 0.25) is 17.7 Å². The van der Waals surface area contributed by atoms with Gasteiger partial charge in [-0.05, 0) is 48.6 Å². The molecular formula is C21H20ClN3O3S. The molecule has 1 atom stereocenters. The minimum atomic E-state index is -0.0547. The lowest BCUT2D eigenvalue weighted by molar-refractivity contribution is -0.132. The average molecular weight is 430 g/mol. The van der Waals surface area contributed by atoms with Crippen LogP contribution in [0.25, 0.3) is 11.5 Å². The molecule has 8 heteroatoms. The summed E-state index contributed by atoms with van der Waals surface area (Å²) in [4.78, 5) is 26.7. The number of halogens is 1. The largest absolute Gasteiger partial charge is 0.420 e. The number of likely N-dealkylation sites (tertiary alicyclic amines) is 1. The van der Waals surface area contributed by atoms with Gasteiger partial charge >= 0.3 is 0 Å². The summed E-state index contributed by atoms with van der Waals surface area (Å²) in [5, 5.41) is 12.8. The average Bonchev–Trinajstić information content (AvgIpc) is 3.44. The van der Waals surface area contributed by atoms with Gasteiger partial charge in [0.1, 0.15) is 0 Å². The van der Waals surface area contributed by atoms with Gasteiger partial charge in [-0.25, -0.2) is 0 Å². The molecule has 0 spiro atoms. The third-order valence-corrected chi connectivity index (χ3v) is 6.00. The molecule has 0 N–H and O–H groups in total. The second-order valence-electron chi connectivity index (χ2n) is 7.07. The van der Waals surface area contributed by atoms with Gasteiger partial charge in [-0.2, -0.15) is 11.3 Å². The SMILES string of the molecule is O=C(CCC(=O)N1CCCC(c2nnc(-c3ccsc3)o2)C1)c1ccc(Cl)cc1. The molecule has 1 amide bonds. The number of benzene rings is 1. The maximum Gasteiger partial charge on any atom is 0.248 e. The number of rotatable bonds is 6. The van der Waals surface area contributed by atoms with Crippen molar-refractivity contribution in [1.29, 1.82) is 0 Å². The number of carbonyl (C=O) groups excluding carboxylic acids is 2. The number of ketones is 1. The van der Waals surface area contributed by atoms with E-state index in [4.69, 9.17) is 16.0 Å². The highest BCUT2D eigenvalue weighted by molar-refractivity contribution is 7.08. The van der Waals surface area contributed by atoms with Crippen LogP contribution in [-0.2, 0) is 4.79 Å². The third kappa shape index (κ3) is 4.74. The molecule has 3 aromatic rings. The molecule has 150 valence electrons. The molecule has 29 heavy (non-hydrogen) atoms. The molecule has 1 saturated heterocycles. The normalized spacial score (nSPS) is 16.7. The molecule has 1 fully saturated rings. The van der Waals surface area contributed by atoms with Crippen molar-refractivity contribution in [3.63, 3.8) is 0 Å². The van der Waals surface area contributed by atoms with Gasteiger partial charge < -0.3 is 9.32 Å². The topological polar surface area (TPSA) is 76.3 Å². The maximum absolute atomic E-state index is 12.6. The van der Waals surface area contributed by atoms with Crippen molar-refractivity contribution in [2.45, 2.75) is 31.6 Å². The van der Waals surface area contributed by atoms with E-state index in [1.807, 2.05) is 16.8 Å². The first kappa shape index (κ1) is 19.8. The predicted octanol–water partition coefficient (Wildman–Crippen LogP) is 4.82. The lowest BCUT2D eigenvalue weighted by atomic mass is 9.97. The van der Waals surface area contributed by atoms with Crippen molar-refractivity contribution >= 4 is 34.6 Å². The Hall–Kier alpha value is -2.51. The zero-order valence-corrected chi connectivity index (χ0v) is 17.3. The summed E-state index contributed by atoms with van der Waals surface area (Å²) in [5.41, 5.74) is 1.49. The maximum atomic E-state index is 12.6. The zero-order valence-electron chi connectivity index (χ0n) is 15.7. The number of Topliss-reactive ketones (excluding diaryl/α,β-unsaturated/α-hetero) is 1. The zero-order chi connectivity index (χ0) is 20.2. The van der Waals surface area contributed by atoms with Crippen molar-refractivity contribution in [1.82, 2.24) is 15.1 Å². The molecule has 1 unspecified atom stereocenters. The summed E-state index contributed by atoms with van der Waals surface area (Å²) in [6.45, 7) is 1.23. The quantitative estimate of drug-likeness (QED) is 0.525. The first-order valence-corrected chi connectivity index (χ1v) is 10.8. The van der Waals surface area contributed by atoms with Gasteiger partial charge in [0, 0.05) is 47.5 Å². The van der Waals surface area contributed by atoms with Gasteiger partial charge in [-0.3, -0.25) is 9.59 Å². The lowest BCUT2D eigenvalue weighted by Crippen LogP contribution is -2.39. The van der Waals surface area contributed by atoms with Gasteiger partial charge in [-0.15, -0.1) is 10.2 Å². The molecule has 0 aliphatic carbocycles. The molecule has 6 nitrogen and oxygen atoms in total. The van der Waals surface area contributed by atoms with Crippen molar-refractivity contribution in [3.05, 3.63) is 57.6 Å². The number of carbonyl (C=O) groups is 2. The number of nitrogens with zero attached hydrogens (tertiary/aromatic N) is 3. The molecule has 4 rings (SSSR count). The minimum absolute atomic E-state index is 0.0189. The van der Waals surface area contributed by atoms with E-state index >= 15 is 0 Å². The fraction of sp³-hybridized carbons (Fsp3) is 0.333. The predicted molar refractivity (Wildman–Crippen MR) is 111 cm³/mol. The molecule has 0 saturated carbocycles. The first-order valence-electron chi connectivity index (χ1n) is 9.52. The number of hydrogen-bond donors (Lipinski definition) is 0. The number of thiophene rings is 1. The van der Waals surface area contributed by atoms with Crippen LogP contribution in [0.2, 0.25) is 5.02 Å². The summed E-state index contributed by atoms with van der Waals surface area (Å²) in [5.74, 6) is 1.04. The molecule has 0 bridgehead atoms. The van der Waals surface area contributed by atoms with E-state index in [2.05, 4.69) is 10.2 Å². The molecule has 1 aliphatic heterocycles. The molecule has 3 heterocycles. The Morgan fingerprint density at radius 2 is 2.00 bits per heavy atom. The molecule has 2 aromatic heterocycles. The molecule has 0 radical (unpaired) electrons. The Morgan fingerprint density at radius 1 is 1.17 bits per heavy atom. The van der Waals surface area contributed by atoms with Crippen LogP contribution < -0.4 is 0 Å². The van der Waals surface area contributed by atoms with Crippen LogP contribution in [0.4, 0.5) is 0 Å². The van der Waals surface area contributed by atoms with E-state index in [1.54, 1.807) is 40.5 Å². The summed E-state index contributed by atoms with van der Waals surface area (Å²) >= 11 is 7.43. The van der Waals surface area contributed by atoms with Crippen molar-refractivity contribution < 1.29 is 14.0 Å². The van der Waals surface area contributed by atoms with Crippen molar-refractivity contribution in [2.24, 2.45) is 0 Å². The Balaban J connectivity index is 1.33. The monoisotopic (exact) mass is 429 g/mol. The minimum Gasteiger partial charge on any atom is -0.420 e.